The molecular weight excluding hydrogens is 338 g/mol. The second-order valence-corrected chi connectivity index (χ2v) is 5.34. The monoisotopic (exact) mass is 345 g/mol. The van der Waals surface area contributed by atoms with Gasteiger partial charge in [0.25, 0.3) is 5.69 Å². The second kappa shape index (κ2) is 5.14. The minimum atomic E-state index is -0.498. The highest BCUT2D eigenvalue weighted by atomic mass is 79.9. The number of nitro benzene ring substituents is 1. The maximum absolute atomic E-state index is 11.7. The van der Waals surface area contributed by atoms with E-state index in [9.17, 15) is 14.9 Å². The van der Waals surface area contributed by atoms with E-state index in [-0.39, 0.29) is 5.69 Å². The van der Waals surface area contributed by atoms with Gasteiger partial charge < -0.3 is 4.42 Å². The molecule has 0 amide bonds. The summed E-state index contributed by atoms with van der Waals surface area (Å²) in [7, 11) is 0. The third kappa shape index (κ3) is 2.57. The average molecular weight is 346 g/mol. The lowest BCUT2D eigenvalue weighted by Crippen LogP contribution is -1.98. The van der Waals surface area contributed by atoms with Crippen LogP contribution in [0.15, 0.2) is 62.2 Å². The van der Waals surface area contributed by atoms with Gasteiger partial charge in [-0.1, -0.05) is 28.1 Å². The molecule has 0 spiro atoms. The van der Waals surface area contributed by atoms with Crippen molar-refractivity contribution in [2.45, 2.75) is 0 Å². The molecule has 0 aliphatic carbocycles. The van der Waals surface area contributed by atoms with Crippen LogP contribution in [0.1, 0.15) is 0 Å². The quantitative estimate of drug-likeness (QED) is 0.397. The number of non-ortho nitro benzene ring substituents is 1. The largest absolute Gasteiger partial charge is 0.423 e. The fourth-order valence-electron chi connectivity index (χ4n) is 2.16. The van der Waals surface area contributed by atoms with Crippen LogP contribution in [0.4, 0.5) is 5.69 Å². The highest BCUT2D eigenvalue weighted by Gasteiger charge is 2.12. The van der Waals surface area contributed by atoms with Gasteiger partial charge in [0.1, 0.15) is 5.58 Å². The molecule has 3 aromatic rings. The topological polar surface area (TPSA) is 73.3 Å². The van der Waals surface area contributed by atoms with Gasteiger partial charge in [0.15, 0.2) is 0 Å². The van der Waals surface area contributed by atoms with Gasteiger partial charge in [-0.2, -0.15) is 0 Å². The Morgan fingerprint density at radius 1 is 1.10 bits per heavy atom. The molecule has 0 N–H and O–H groups in total. The number of hydrogen-bond donors (Lipinski definition) is 0. The minimum absolute atomic E-state index is 0.0222. The summed E-state index contributed by atoms with van der Waals surface area (Å²) in [5.74, 6) is 0. The van der Waals surface area contributed by atoms with Gasteiger partial charge in [-0.05, 0) is 23.8 Å². The summed E-state index contributed by atoms with van der Waals surface area (Å²) < 4.78 is 5.95. The number of halogens is 1. The number of hydrogen-bond acceptors (Lipinski definition) is 4. The van der Waals surface area contributed by atoms with Crippen molar-refractivity contribution in [2.24, 2.45) is 0 Å². The Bertz CT molecular complexity index is 917. The lowest BCUT2D eigenvalue weighted by atomic mass is 10.0. The van der Waals surface area contributed by atoms with Gasteiger partial charge in [0, 0.05) is 33.6 Å². The molecule has 0 atom stereocenters. The summed E-state index contributed by atoms with van der Waals surface area (Å²) in [5.41, 5.74) is 1.12. The summed E-state index contributed by atoms with van der Waals surface area (Å²) in [6.07, 6.45) is 0. The summed E-state index contributed by atoms with van der Waals surface area (Å²) >= 11 is 3.32. The molecule has 6 heteroatoms. The highest BCUT2D eigenvalue weighted by molar-refractivity contribution is 9.10. The Labute approximate surface area is 127 Å². The predicted molar refractivity (Wildman–Crippen MR) is 82.3 cm³/mol. The standard InChI is InChI=1S/C15H8BrNO4/c16-10-4-5-12-13(8-15(18)21-14(12)7-10)9-2-1-3-11(6-9)17(19)20/h1-8H. The van der Waals surface area contributed by atoms with Crippen molar-refractivity contribution in [3.05, 3.63) is 73.5 Å². The minimum Gasteiger partial charge on any atom is -0.423 e. The molecule has 2 aromatic carbocycles. The molecule has 5 nitrogen and oxygen atoms in total. The van der Waals surface area contributed by atoms with Crippen LogP contribution in [-0.4, -0.2) is 4.92 Å². The fraction of sp³-hybridized carbons (Fsp3) is 0. The van der Waals surface area contributed by atoms with Crippen molar-refractivity contribution in [3.8, 4) is 11.1 Å². The van der Waals surface area contributed by atoms with Gasteiger partial charge in [-0.25, -0.2) is 4.79 Å². The van der Waals surface area contributed by atoms with Crippen LogP contribution in [0.5, 0.6) is 0 Å². The first-order chi connectivity index (χ1) is 10.0. The van der Waals surface area contributed by atoms with Crippen LogP contribution in [-0.2, 0) is 0 Å². The van der Waals surface area contributed by atoms with Crippen molar-refractivity contribution < 1.29 is 9.34 Å². The molecule has 104 valence electrons. The molecule has 0 saturated heterocycles. The molecule has 0 aliphatic heterocycles. The summed E-state index contributed by atoms with van der Waals surface area (Å²) in [6, 6.07) is 12.8. The maximum atomic E-state index is 11.7. The first kappa shape index (κ1) is 13.5. The van der Waals surface area contributed by atoms with E-state index >= 15 is 0 Å². The lowest BCUT2D eigenvalue weighted by molar-refractivity contribution is -0.384. The van der Waals surface area contributed by atoms with Crippen molar-refractivity contribution in [1.82, 2.24) is 0 Å². The predicted octanol–water partition coefficient (Wildman–Crippen LogP) is 4.13. The van der Waals surface area contributed by atoms with Crippen molar-refractivity contribution in [2.75, 3.05) is 0 Å². The average Bonchev–Trinajstić information content (AvgIpc) is 2.46. The number of fused-ring (bicyclic) bond motifs is 1. The van der Waals surface area contributed by atoms with Crippen LogP contribution in [0, 0.1) is 10.1 Å². The van der Waals surface area contributed by atoms with Crippen molar-refractivity contribution in [1.29, 1.82) is 0 Å². The SMILES string of the molecule is O=c1cc(-c2cccc([N+](=O)[O-])c2)c2ccc(Br)cc2o1. The normalized spacial score (nSPS) is 10.7. The summed E-state index contributed by atoms with van der Waals surface area (Å²) in [6.45, 7) is 0. The van der Waals surface area contributed by atoms with E-state index in [4.69, 9.17) is 4.42 Å². The first-order valence-corrected chi connectivity index (χ1v) is 6.82. The maximum Gasteiger partial charge on any atom is 0.336 e. The lowest BCUT2D eigenvalue weighted by Gasteiger charge is -2.06. The Kier molecular flexibility index (Phi) is 3.31. The van der Waals surface area contributed by atoms with Gasteiger partial charge in [0.05, 0.1) is 4.92 Å². The number of benzene rings is 2. The van der Waals surface area contributed by atoms with E-state index < -0.39 is 10.5 Å². The molecule has 21 heavy (non-hydrogen) atoms. The Hall–Kier alpha value is -2.47. The summed E-state index contributed by atoms with van der Waals surface area (Å²) in [4.78, 5) is 22.1. The third-order valence-corrected chi connectivity index (χ3v) is 3.57. The summed E-state index contributed by atoms with van der Waals surface area (Å²) in [5, 5.41) is 11.6. The van der Waals surface area contributed by atoms with Gasteiger partial charge in [0.2, 0.25) is 0 Å². The van der Waals surface area contributed by atoms with E-state index in [1.807, 2.05) is 6.07 Å². The fourth-order valence-corrected chi connectivity index (χ4v) is 2.50. The number of rotatable bonds is 2. The first-order valence-electron chi connectivity index (χ1n) is 6.03. The number of nitrogens with zero attached hydrogens (tertiary/aromatic N) is 1. The Morgan fingerprint density at radius 3 is 2.67 bits per heavy atom. The smallest absolute Gasteiger partial charge is 0.336 e. The Balaban J connectivity index is 2.32. The second-order valence-electron chi connectivity index (χ2n) is 4.43. The van der Waals surface area contributed by atoms with E-state index in [2.05, 4.69) is 15.9 Å². The van der Waals surface area contributed by atoms with Crippen LogP contribution in [0.2, 0.25) is 0 Å². The zero-order chi connectivity index (χ0) is 15.0. The zero-order valence-corrected chi connectivity index (χ0v) is 12.2. The van der Waals surface area contributed by atoms with Crippen LogP contribution in [0.25, 0.3) is 22.1 Å². The third-order valence-electron chi connectivity index (χ3n) is 3.07. The van der Waals surface area contributed by atoms with Gasteiger partial charge >= 0.3 is 5.63 Å². The molecule has 0 radical (unpaired) electrons. The molecule has 0 aliphatic rings. The molecule has 1 aromatic heterocycles. The van der Waals surface area contributed by atoms with Crippen molar-refractivity contribution in [3.63, 3.8) is 0 Å². The van der Waals surface area contributed by atoms with Crippen LogP contribution >= 0.6 is 15.9 Å². The van der Waals surface area contributed by atoms with Crippen LogP contribution < -0.4 is 5.63 Å². The molecule has 1 heterocycles. The van der Waals surface area contributed by atoms with E-state index in [1.54, 1.807) is 24.3 Å². The van der Waals surface area contributed by atoms with Crippen LogP contribution in [0.3, 0.4) is 0 Å². The molecular formula is C15H8BrNO4. The van der Waals surface area contributed by atoms with Gasteiger partial charge in [-0.15, -0.1) is 0 Å². The molecule has 0 saturated carbocycles. The van der Waals surface area contributed by atoms with Gasteiger partial charge in [-0.3, -0.25) is 10.1 Å². The molecule has 3 rings (SSSR count). The number of nitro groups is 1. The molecule has 0 unspecified atom stereocenters. The van der Waals surface area contributed by atoms with E-state index in [0.717, 1.165) is 9.86 Å². The molecule has 0 bridgehead atoms. The van der Waals surface area contributed by atoms with Crippen molar-refractivity contribution >= 4 is 32.6 Å². The molecule has 0 fully saturated rings. The zero-order valence-electron chi connectivity index (χ0n) is 10.6. The van der Waals surface area contributed by atoms with E-state index in [0.29, 0.717) is 16.7 Å². The highest BCUT2D eigenvalue weighted by Crippen LogP contribution is 2.30. The van der Waals surface area contributed by atoms with E-state index in [1.165, 1.54) is 18.2 Å². The Morgan fingerprint density at radius 2 is 1.90 bits per heavy atom.